The number of halogens is 1. The predicted octanol–water partition coefficient (Wildman–Crippen LogP) is 3.50. The Labute approximate surface area is 139 Å². The number of benzene rings is 2. The van der Waals surface area contributed by atoms with Gasteiger partial charge in [-0.3, -0.25) is 4.79 Å². The maximum Gasteiger partial charge on any atom is 0.248 e. The molecule has 0 saturated heterocycles. The van der Waals surface area contributed by atoms with E-state index in [2.05, 4.69) is 5.32 Å². The second kappa shape index (κ2) is 8.01. The van der Waals surface area contributed by atoms with Crippen LogP contribution in [0.4, 0.5) is 10.1 Å². The zero-order chi connectivity index (χ0) is 17.5. The molecule has 2 rings (SSSR count). The number of methoxy groups -OCH3 is 3. The van der Waals surface area contributed by atoms with Crippen LogP contribution in [0.3, 0.4) is 0 Å². The largest absolute Gasteiger partial charge is 0.493 e. The highest BCUT2D eigenvalue weighted by atomic mass is 19.1. The van der Waals surface area contributed by atoms with Crippen molar-refractivity contribution in [3.63, 3.8) is 0 Å². The molecule has 0 heterocycles. The summed E-state index contributed by atoms with van der Waals surface area (Å²) in [5.41, 5.74) is 1.08. The zero-order valence-corrected chi connectivity index (χ0v) is 13.6. The molecule has 5 nitrogen and oxygen atoms in total. The third kappa shape index (κ3) is 4.25. The lowest BCUT2D eigenvalue weighted by atomic mass is 10.2. The highest BCUT2D eigenvalue weighted by Gasteiger charge is 2.13. The van der Waals surface area contributed by atoms with Crippen molar-refractivity contribution in [2.24, 2.45) is 0 Å². The molecule has 0 unspecified atom stereocenters. The van der Waals surface area contributed by atoms with Crippen LogP contribution in [0.1, 0.15) is 5.56 Å². The molecule has 2 aromatic rings. The molecule has 2 aromatic carbocycles. The third-order valence-electron chi connectivity index (χ3n) is 3.21. The van der Waals surface area contributed by atoms with E-state index in [1.54, 1.807) is 24.3 Å². The molecule has 0 atom stereocenters. The van der Waals surface area contributed by atoms with E-state index in [1.165, 1.54) is 45.6 Å². The predicted molar refractivity (Wildman–Crippen MR) is 90.2 cm³/mol. The molecule has 0 aliphatic heterocycles. The first-order valence-corrected chi connectivity index (χ1v) is 7.12. The van der Waals surface area contributed by atoms with Crippen LogP contribution in [0.15, 0.2) is 42.5 Å². The van der Waals surface area contributed by atoms with Crippen LogP contribution in [0, 0.1) is 5.82 Å². The number of hydrogen-bond acceptors (Lipinski definition) is 4. The molecular weight excluding hydrogens is 313 g/mol. The fourth-order valence-electron chi connectivity index (χ4n) is 2.12. The molecule has 0 bridgehead atoms. The van der Waals surface area contributed by atoms with Crippen LogP contribution >= 0.6 is 0 Å². The number of carbonyl (C=O) groups is 1. The quantitative estimate of drug-likeness (QED) is 0.823. The summed E-state index contributed by atoms with van der Waals surface area (Å²) in [6.07, 6.45) is 2.84. The summed E-state index contributed by atoms with van der Waals surface area (Å²) in [5.74, 6) is 0.576. The van der Waals surface area contributed by atoms with E-state index in [4.69, 9.17) is 14.2 Å². The van der Waals surface area contributed by atoms with Crippen LogP contribution in [-0.4, -0.2) is 27.2 Å². The molecule has 1 amide bonds. The monoisotopic (exact) mass is 331 g/mol. The van der Waals surface area contributed by atoms with Gasteiger partial charge in [0.05, 0.1) is 21.3 Å². The van der Waals surface area contributed by atoms with Crippen LogP contribution in [0.2, 0.25) is 0 Å². The lowest BCUT2D eigenvalue weighted by molar-refractivity contribution is -0.111. The van der Waals surface area contributed by atoms with Crippen LogP contribution < -0.4 is 19.5 Å². The van der Waals surface area contributed by atoms with Crippen molar-refractivity contribution in [2.45, 2.75) is 0 Å². The van der Waals surface area contributed by atoms with E-state index >= 15 is 0 Å². The maximum absolute atomic E-state index is 13.1. The van der Waals surface area contributed by atoms with E-state index in [0.29, 0.717) is 28.5 Å². The molecule has 0 radical (unpaired) electrons. The van der Waals surface area contributed by atoms with Crippen LogP contribution in [0.25, 0.3) is 6.08 Å². The number of hydrogen-bond donors (Lipinski definition) is 1. The normalized spacial score (nSPS) is 10.5. The first-order valence-electron chi connectivity index (χ1n) is 7.12. The minimum absolute atomic E-state index is 0.359. The Morgan fingerprint density at radius 3 is 2.25 bits per heavy atom. The molecule has 0 aliphatic rings. The van der Waals surface area contributed by atoms with Crippen molar-refractivity contribution in [3.8, 4) is 17.2 Å². The number of amides is 1. The maximum atomic E-state index is 13.1. The van der Waals surface area contributed by atoms with E-state index in [9.17, 15) is 9.18 Å². The van der Waals surface area contributed by atoms with Gasteiger partial charge in [-0.25, -0.2) is 4.39 Å². The Morgan fingerprint density at radius 2 is 1.71 bits per heavy atom. The van der Waals surface area contributed by atoms with Gasteiger partial charge in [-0.1, -0.05) is 12.1 Å². The average molecular weight is 331 g/mol. The summed E-state index contributed by atoms with van der Waals surface area (Å²) in [6, 6.07) is 9.19. The third-order valence-corrected chi connectivity index (χ3v) is 3.21. The molecule has 0 saturated carbocycles. The summed E-state index contributed by atoms with van der Waals surface area (Å²) < 4.78 is 28.8. The number of carbonyl (C=O) groups excluding carboxylic acids is 1. The standard InChI is InChI=1S/C18H18FNO4/c1-22-15-10-14(11-16(23-2)18(15)24-3)20-17(21)8-7-12-5-4-6-13(19)9-12/h4-11H,1-3H3,(H,20,21). The van der Waals surface area contributed by atoms with Gasteiger partial charge in [0.15, 0.2) is 11.5 Å². The van der Waals surface area contributed by atoms with Crippen molar-refractivity contribution >= 4 is 17.7 Å². The molecule has 0 fully saturated rings. The van der Waals surface area contributed by atoms with Gasteiger partial charge in [-0.15, -0.1) is 0 Å². The summed E-state index contributed by atoms with van der Waals surface area (Å²) in [4.78, 5) is 12.0. The molecular formula is C18H18FNO4. The van der Waals surface area contributed by atoms with E-state index in [0.717, 1.165) is 0 Å². The van der Waals surface area contributed by atoms with Crippen molar-refractivity contribution < 1.29 is 23.4 Å². The second-order valence-electron chi connectivity index (χ2n) is 4.79. The number of rotatable bonds is 6. The first-order chi connectivity index (χ1) is 11.6. The van der Waals surface area contributed by atoms with Gasteiger partial charge in [0, 0.05) is 23.9 Å². The lowest BCUT2D eigenvalue weighted by Crippen LogP contribution is -2.08. The second-order valence-corrected chi connectivity index (χ2v) is 4.79. The highest BCUT2D eigenvalue weighted by Crippen LogP contribution is 2.39. The fraction of sp³-hybridized carbons (Fsp3) is 0.167. The van der Waals surface area contributed by atoms with Gasteiger partial charge in [-0.2, -0.15) is 0 Å². The summed E-state index contributed by atoms with van der Waals surface area (Å²) in [5, 5.41) is 2.69. The van der Waals surface area contributed by atoms with Crippen LogP contribution in [0.5, 0.6) is 17.2 Å². The summed E-state index contributed by atoms with van der Waals surface area (Å²) >= 11 is 0. The molecule has 24 heavy (non-hydrogen) atoms. The van der Waals surface area contributed by atoms with Gasteiger partial charge in [0.1, 0.15) is 5.82 Å². The van der Waals surface area contributed by atoms with E-state index < -0.39 is 0 Å². The van der Waals surface area contributed by atoms with E-state index in [1.807, 2.05) is 0 Å². The SMILES string of the molecule is COc1cc(NC(=O)C=Cc2cccc(F)c2)cc(OC)c1OC. The zero-order valence-electron chi connectivity index (χ0n) is 13.6. The van der Waals surface area contributed by atoms with E-state index in [-0.39, 0.29) is 11.7 Å². The lowest BCUT2D eigenvalue weighted by Gasteiger charge is -2.14. The van der Waals surface area contributed by atoms with Gasteiger partial charge in [0.2, 0.25) is 11.7 Å². The van der Waals surface area contributed by atoms with Gasteiger partial charge < -0.3 is 19.5 Å². The van der Waals surface area contributed by atoms with Crippen molar-refractivity contribution in [3.05, 3.63) is 53.9 Å². The summed E-state index contributed by atoms with van der Waals surface area (Å²) in [7, 11) is 4.49. The molecule has 6 heteroatoms. The fourth-order valence-corrected chi connectivity index (χ4v) is 2.12. The van der Waals surface area contributed by atoms with Gasteiger partial charge in [-0.05, 0) is 23.8 Å². The average Bonchev–Trinajstić information content (AvgIpc) is 2.59. The Bertz CT molecular complexity index is 733. The smallest absolute Gasteiger partial charge is 0.248 e. The van der Waals surface area contributed by atoms with Crippen molar-refractivity contribution in [1.29, 1.82) is 0 Å². The Hall–Kier alpha value is -3.02. The van der Waals surface area contributed by atoms with Crippen molar-refractivity contribution in [1.82, 2.24) is 0 Å². The molecule has 0 spiro atoms. The minimum Gasteiger partial charge on any atom is -0.493 e. The summed E-state index contributed by atoms with van der Waals surface area (Å²) in [6.45, 7) is 0. The topological polar surface area (TPSA) is 56.8 Å². The van der Waals surface area contributed by atoms with Gasteiger partial charge in [0.25, 0.3) is 0 Å². The molecule has 0 aliphatic carbocycles. The Kier molecular flexibility index (Phi) is 5.78. The number of ether oxygens (including phenoxy) is 3. The first kappa shape index (κ1) is 17.3. The van der Waals surface area contributed by atoms with Crippen molar-refractivity contribution in [2.75, 3.05) is 26.6 Å². The number of anilines is 1. The minimum atomic E-state index is -0.367. The molecule has 0 aromatic heterocycles. The van der Waals surface area contributed by atoms with Crippen LogP contribution in [-0.2, 0) is 4.79 Å². The molecule has 126 valence electrons. The highest BCUT2D eigenvalue weighted by molar-refractivity contribution is 6.02. The Morgan fingerprint density at radius 1 is 1.04 bits per heavy atom. The Balaban J connectivity index is 2.16. The number of nitrogens with one attached hydrogen (secondary N) is 1. The molecule has 1 N–H and O–H groups in total. The van der Waals surface area contributed by atoms with Gasteiger partial charge >= 0.3 is 0 Å².